The molecule has 0 unspecified atom stereocenters. The highest BCUT2D eigenvalue weighted by Crippen LogP contribution is 2.11. The van der Waals surface area contributed by atoms with E-state index in [9.17, 15) is 4.79 Å². The number of nitrogens with one attached hydrogen (secondary N) is 1. The van der Waals surface area contributed by atoms with E-state index in [0.717, 1.165) is 31.5 Å². The molecule has 1 aromatic rings. The molecule has 0 saturated carbocycles. The summed E-state index contributed by atoms with van der Waals surface area (Å²) in [5.74, 6) is -0.195. The molecule has 0 spiro atoms. The number of hydrogen-bond acceptors (Lipinski definition) is 2. The minimum Gasteiger partial charge on any atom is -0.349 e. The summed E-state index contributed by atoms with van der Waals surface area (Å²) < 4.78 is 0. The van der Waals surface area contributed by atoms with Crippen LogP contribution in [0.5, 0.6) is 0 Å². The lowest BCUT2D eigenvalue weighted by atomic mass is 10.2. The summed E-state index contributed by atoms with van der Waals surface area (Å²) in [5.41, 5.74) is 0.926. The van der Waals surface area contributed by atoms with E-state index in [1.807, 2.05) is 12.1 Å². The van der Waals surface area contributed by atoms with E-state index < -0.39 is 0 Å². The molecular formula is C16H19ClN2OS. The molecule has 3 nitrogen and oxygen atoms in total. The Morgan fingerprint density at radius 1 is 1.14 bits per heavy atom. The van der Waals surface area contributed by atoms with Gasteiger partial charge in [-0.1, -0.05) is 36.6 Å². The quantitative estimate of drug-likeness (QED) is 0.666. The molecule has 1 amide bonds. The third-order valence-electron chi connectivity index (χ3n) is 3.42. The van der Waals surface area contributed by atoms with Gasteiger partial charge in [0.15, 0.2) is 5.11 Å². The van der Waals surface area contributed by atoms with Crippen molar-refractivity contribution in [3.8, 4) is 0 Å². The molecule has 0 radical (unpaired) electrons. The van der Waals surface area contributed by atoms with Crippen LogP contribution >= 0.6 is 23.8 Å². The first-order valence-electron chi connectivity index (χ1n) is 7.19. The predicted molar refractivity (Wildman–Crippen MR) is 91.3 cm³/mol. The molecule has 112 valence electrons. The van der Waals surface area contributed by atoms with Crippen LogP contribution in [0.2, 0.25) is 5.02 Å². The highest BCUT2D eigenvalue weighted by atomic mass is 35.5. The zero-order valence-corrected chi connectivity index (χ0v) is 13.4. The number of thiocarbonyl (C=S) groups is 1. The topological polar surface area (TPSA) is 32.3 Å². The largest absolute Gasteiger partial charge is 0.349 e. The molecule has 1 fully saturated rings. The van der Waals surface area contributed by atoms with Crippen molar-refractivity contribution in [2.45, 2.75) is 25.7 Å². The van der Waals surface area contributed by atoms with Crippen LogP contribution in [0.25, 0.3) is 6.08 Å². The fourth-order valence-electron chi connectivity index (χ4n) is 2.25. The Morgan fingerprint density at radius 3 is 2.38 bits per heavy atom. The fourth-order valence-corrected chi connectivity index (χ4v) is 2.65. The van der Waals surface area contributed by atoms with Crippen molar-refractivity contribution >= 4 is 40.9 Å². The van der Waals surface area contributed by atoms with E-state index >= 15 is 0 Å². The Balaban J connectivity index is 1.85. The molecule has 0 atom stereocenters. The van der Waals surface area contributed by atoms with Gasteiger partial charge in [0.2, 0.25) is 5.91 Å². The Kier molecular flexibility index (Phi) is 6.21. The van der Waals surface area contributed by atoms with Gasteiger partial charge in [0, 0.05) is 24.2 Å². The third kappa shape index (κ3) is 5.48. The second-order valence-corrected chi connectivity index (χ2v) is 5.90. The van der Waals surface area contributed by atoms with Crippen LogP contribution in [0.15, 0.2) is 30.3 Å². The molecule has 21 heavy (non-hydrogen) atoms. The minimum atomic E-state index is -0.195. The average molecular weight is 323 g/mol. The van der Waals surface area contributed by atoms with Crippen LogP contribution in [0.3, 0.4) is 0 Å². The zero-order valence-electron chi connectivity index (χ0n) is 11.8. The number of amides is 1. The Morgan fingerprint density at radius 2 is 1.76 bits per heavy atom. The van der Waals surface area contributed by atoms with Gasteiger partial charge in [-0.15, -0.1) is 0 Å². The second kappa shape index (κ2) is 8.15. The average Bonchev–Trinajstić information content (AvgIpc) is 2.76. The summed E-state index contributed by atoms with van der Waals surface area (Å²) in [7, 11) is 0. The lowest BCUT2D eigenvalue weighted by molar-refractivity contribution is -0.115. The fraction of sp³-hybridized carbons (Fsp3) is 0.375. The van der Waals surface area contributed by atoms with Crippen LogP contribution in [0, 0.1) is 0 Å². The molecule has 1 N–H and O–H groups in total. The lowest BCUT2D eigenvalue weighted by Gasteiger charge is -2.22. The van der Waals surface area contributed by atoms with Crippen molar-refractivity contribution in [2.75, 3.05) is 13.1 Å². The number of benzene rings is 1. The van der Waals surface area contributed by atoms with Gasteiger partial charge in [-0.05, 0) is 48.8 Å². The normalized spacial score (nSPS) is 15.8. The molecule has 1 heterocycles. The molecule has 0 aliphatic carbocycles. The van der Waals surface area contributed by atoms with Gasteiger partial charge in [0.05, 0.1) is 0 Å². The van der Waals surface area contributed by atoms with E-state index in [-0.39, 0.29) is 5.91 Å². The standard InChI is InChI=1S/C16H19ClN2OS/c17-14-8-5-13(6-9-14)7-10-15(20)18-16(21)19-11-3-1-2-4-12-19/h5-10H,1-4,11-12H2,(H,18,20,21)/b10-7+. The van der Waals surface area contributed by atoms with Crippen LogP contribution in [0.1, 0.15) is 31.2 Å². The molecule has 1 aliphatic rings. The number of carbonyl (C=O) groups excluding carboxylic acids is 1. The van der Waals surface area contributed by atoms with Gasteiger partial charge < -0.3 is 4.90 Å². The van der Waals surface area contributed by atoms with Crippen LogP contribution in [-0.2, 0) is 4.79 Å². The molecule has 1 aromatic carbocycles. The van der Waals surface area contributed by atoms with Crippen molar-refractivity contribution in [3.05, 3.63) is 40.9 Å². The third-order valence-corrected chi connectivity index (χ3v) is 4.03. The van der Waals surface area contributed by atoms with E-state index in [1.54, 1.807) is 18.2 Å². The van der Waals surface area contributed by atoms with Gasteiger partial charge in [-0.3, -0.25) is 10.1 Å². The van der Waals surface area contributed by atoms with Crippen molar-refractivity contribution in [1.29, 1.82) is 0 Å². The maximum atomic E-state index is 11.9. The van der Waals surface area contributed by atoms with Crippen molar-refractivity contribution in [2.24, 2.45) is 0 Å². The smallest absolute Gasteiger partial charge is 0.250 e. The number of rotatable bonds is 2. The number of likely N-dealkylation sites (tertiary alicyclic amines) is 1. The number of halogens is 1. The summed E-state index contributed by atoms with van der Waals surface area (Å²) in [5, 5.41) is 3.97. The van der Waals surface area contributed by atoms with Gasteiger partial charge in [0.1, 0.15) is 0 Å². The summed E-state index contributed by atoms with van der Waals surface area (Å²) in [6, 6.07) is 7.31. The Hall–Kier alpha value is -1.39. The maximum Gasteiger partial charge on any atom is 0.250 e. The van der Waals surface area contributed by atoms with Crippen molar-refractivity contribution < 1.29 is 4.79 Å². The van der Waals surface area contributed by atoms with Crippen LogP contribution in [-0.4, -0.2) is 29.0 Å². The Bertz CT molecular complexity index is 520. The molecule has 2 rings (SSSR count). The van der Waals surface area contributed by atoms with Gasteiger partial charge in [-0.25, -0.2) is 0 Å². The first kappa shape index (κ1) is 16.0. The number of carbonyl (C=O) groups is 1. The van der Waals surface area contributed by atoms with Crippen LogP contribution < -0.4 is 5.32 Å². The van der Waals surface area contributed by atoms with E-state index in [4.69, 9.17) is 23.8 Å². The van der Waals surface area contributed by atoms with Gasteiger partial charge in [0.25, 0.3) is 0 Å². The maximum absolute atomic E-state index is 11.9. The van der Waals surface area contributed by atoms with Gasteiger partial charge >= 0.3 is 0 Å². The summed E-state index contributed by atoms with van der Waals surface area (Å²) in [6.45, 7) is 1.86. The highest BCUT2D eigenvalue weighted by Gasteiger charge is 2.13. The highest BCUT2D eigenvalue weighted by molar-refractivity contribution is 7.80. The predicted octanol–water partition coefficient (Wildman–Crippen LogP) is 3.63. The summed E-state index contributed by atoms with van der Waals surface area (Å²) >= 11 is 11.1. The number of hydrogen-bond donors (Lipinski definition) is 1. The first-order chi connectivity index (χ1) is 10.1. The molecule has 0 aromatic heterocycles. The van der Waals surface area contributed by atoms with E-state index in [0.29, 0.717) is 10.1 Å². The second-order valence-electron chi connectivity index (χ2n) is 5.08. The molecule has 1 saturated heterocycles. The molecule has 1 aliphatic heterocycles. The SMILES string of the molecule is O=C(/C=C/c1ccc(Cl)cc1)NC(=S)N1CCCCCC1. The van der Waals surface area contributed by atoms with E-state index in [2.05, 4.69) is 10.2 Å². The summed E-state index contributed by atoms with van der Waals surface area (Å²) in [6.07, 6.45) is 7.99. The van der Waals surface area contributed by atoms with Gasteiger partial charge in [-0.2, -0.15) is 0 Å². The van der Waals surface area contributed by atoms with Crippen LogP contribution in [0.4, 0.5) is 0 Å². The monoisotopic (exact) mass is 322 g/mol. The minimum absolute atomic E-state index is 0.195. The van der Waals surface area contributed by atoms with Crippen molar-refractivity contribution in [1.82, 2.24) is 10.2 Å². The molecule has 0 bridgehead atoms. The number of nitrogens with zero attached hydrogens (tertiary/aromatic N) is 1. The lowest BCUT2D eigenvalue weighted by Crippen LogP contribution is -2.42. The summed E-state index contributed by atoms with van der Waals surface area (Å²) in [4.78, 5) is 14.0. The first-order valence-corrected chi connectivity index (χ1v) is 7.97. The zero-order chi connectivity index (χ0) is 15.1. The van der Waals surface area contributed by atoms with E-state index in [1.165, 1.54) is 18.9 Å². The van der Waals surface area contributed by atoms with Crippen molar-refractivity contribution in [3.63, 3.8) is 0 Å². The Labute approximate surface area is 136 Å². The molecule has 5 heteroatoms. The molecular weight excluding hydrogens is 304 g/mol.